The number of nitrogens with one attached hydrogen (secondary N) is 2. The molecule has 0 bridgehead atoms. The number of aliphatic imine (C=N–C) groups is 1. The Kier molecular flexibility index (Phi) is 6.03. The zero-order valence-corrected chi connectivity index (χ0v) is 17.3. The summed E-state index contributed by atoms with van der Waals surface area (Å²) in [6.45, 7) is 1.87. The van der Waals surface area contributed by atoms with Crippen LogP contribution in [0.4, 0.5) is 4.39 Å². The lowest BCUT2D eigenvalue weighted by Gasteiger charge is -2.29. The van der Waals surface area contributed by atoms with E-state index in [9.17, 15) is 4.39 Å². The third-order valence-electron chi connectivity index (χ3n) is 5.23. The number of nitrogens with two attached hydrogens (primary N) is 2. The van der Waals surface area contributed by atoms with E-state index in [2.05, 4.69) is 28.0 Å². The molecule has 0 saturated carbocycles. The van der Waals surface area contributed by atoms with Crippen molar-refractivity contribution in [2.75, 3.05) is 20.1 Å². The van der Waals surface area contributed by atoms with Gasteiger partial charge in [-0.1, -0.05) is 18.2 Å². The van der Waals surface area contributed by atoms with E-state index in [1.54, 1.807) is 24.3 Å². The molecule has 2 aliphatic rings. The van der Waals surface area contributed by atoms with Gasteiger partial charge < -0.3 is 21.1 Å². The first-order valence-electron chi connectivity index (χ1n) is 10.1. The number of halogens is 1. The molecular weight excluding hydrogens is 397 g/mol. The topological polar surface area (TPSA) is 113 Å². The Labute approximate surface area is 180 Å². The molecule has 2 aliphatic heterocycles. The monoisotopic (exact) mass is 423 g/mol. The van der Waals surface area contributed by atoms with Gasteiger partial charge in [-0.05, 0) is 50.7 Å². The number of rotatable bonds is 4. The molecule has 31 heavy (non-hydrogen) atoms. The summed E-state index contributed by atoms with van der Waals surface area (Å²) in [6, 6.07) is 13.8. The van der Waals surface area contributed by atoms with Gasteiger partial charge in [-0.25, -0.2) is 9.93 Å². The summed E-state index contributed by atoms with van der Waals surface area (Å²) in [4.78, 5) is 7.01. The van der Waals surface area contributed by atoms with Crippen LogP contribution in [0.15, 0.2) is 64.2 Å². The van der Waals surface area contributed by atoms with Crippen LogP contribution in [0.5, 0.6) is 11.5 Å². The quantitative estimate of drug-likeness (QED) is 0.599. The first-order chi connectivity index (χ1) is 15.0. The van der Waals surface area contributed by atoms with E-state index in [-0.39, 0.29) is 23.1 Å². The lowest BCUT2D eigenvalue weighted by Crippen LogP contribution is -2.47. The van der Waals surface area contributed by atoms with Gasteiger partial charge in [-0.3, -0.25) is 10.4 Å². The van der Waals surface area contributed by atoms with Gasteiger partial charge in [0.2, 0.25) is 0 Å². The average molecular weight is 423 g/mol. The lowest BCUT2D eigenvalue weighted by atomic mass is 10.0. The van der Waals surface area contributed by atoms with E-state index in [4.69, 9.17) is 21.2 Å². The van der Waals surface area contributed by atoms with Crippen LogP contribution in [0.2, 0.25) is 0 Å². The minimum atomic E-state index is -0.526. The second-order valence-electron chi connectivity index (χ2n) is 7.62. The Balaban J connectivity index is 1.65. The van der Waals surface area contributed by atoms with Gasteiger partial charge in [-0.2, -0.15) is 0 Å². The normalized spacial score (nSPS) is 22.3. The molecule has 0 radical (unpaired) electrons. The highest BCUT2D eigenvalue weighted by Crippen LogP contribution is 2.27. The van der Waals surface area contributed by atoms with Crippen molar-refractivity contribution in [2.24, 2.45) is 21.6 Å². The first kappa shape index (κ1) is 20.7. The molecular formula is C22H26FN7O. The molecule has 162 valence electrons. The van der Waals surface area contributed by atoms with Gasteiger partial charge in [0.25, 0.3) is 0 Å². The summed E-state index contributed by atoms with van der Waals surface area (Å²) >= 11 is 0. The third-order valence-corrected chi connectivity index (χ3v) is 5.23. The van der Waals surface area contributed by atoms with Gasteiger partial charge in [0.05, 0.1) is 17.3 Å². The fourth-order valence-electron chi connectivity index (χ4n) is 3.71. The van der Waals surface area contributed by atoms with Crippen molar-refractivity contribution in [3.05, 3.63) is 65.5 Å². The van der Waals surface area contributed by atoms with Gasteiger partial charge in [-0.15, -0.1) is 5.10 Å². The van der Waals surface area contributed by atoms with Crippen LogP contribution in [0.3, 0.4) is 0 Å². The van der Waals surface area contributed by atoms with Crippen molar-refractivity contribution in [1.29, 1.82) is 0 Å². The fourth-order valence-corrected chi connectivity index (χ4v) is 3.71. The number of ether oxygens (including phenoxy) is 1. The Morgan fingerprint density at radius 2 is 2.03 bits per heavy atom. The van der Waals surface area contributed by atoms with Crippen LogP contribution in [-0.4, -0.2) is 42.8 Å². The Hall–Kier alpha value is -3.59. The summed E-state index contributed by atoms with van der Waals surface area (Å²) in [5.74, 6) is 1.06. The van der Waals surface area contributed by atoms with Gasteiger partial charge in [0, 0.05) is 18.2 Å². The fraction of sp³-hybridized carbons (Fsp3) is 0.273. The second-order valence-corrected chi connectivity index (χ2v) is 7.62. The van der Waals surface area contributed by atoms with Crippen LogP contribution < -0.4 is 27.2 Å². The first-order valence-corrected chi connectivity index (χ1v) is 10.1. The van der Waals surface area contributed by atoms with Crippen molar-refractivity contribution < 1.29 is 9.13 Å². The molecule has 9 heteroatoms. The average Bonchev–Trinajstić information content (AvgIpc) is 2.74. The molecule has 4 rings (SSSR count). The molecule has 1 atom stereocenters. The maximum Gasteiger partial charge on any atom is 0.158 e. The molecule has 2 aromatic carbocycles. The van der Waals surface area contributed by atoms with Crippen LogP contribution >= 0.6 is 0 Å². The number of nitrogens with zero attached hydrogens (tertiary/aromatic N) is 3. The largest absolute Gasteiger partial charge is 0.457 e. The molecule has 1 saturated heterocycles. The molecule has 1 unspecified atom stereocenters. The standard InChI is InChI=1S/C22H26FN7O/c1-30-11-5-6-14(13-30)26-22-19(21(25)27-29-28-22)20(24)17-10-9-16(12-18(17)23)31-15-7-3-2-4-8-15/h2-4,7-10,12,14,29H,5-6,11,13,24H2,1H3,(H2,25,27)(H,26,28)/b20-19-. The van der Waals surface area contributed by atoms with Crippen molar-refractivity contribution >= 4 is 17.4 Å². The maximum absolute atomic E-state index is 15.0. The van der Waals surface area contributed by atoms with Crippen molar-refractivity contribution in [3.8, 4) is 11.5 Å². The number of amidine groups is 2. The van der Waals surface area contributed by atoms with Crippen molar-refractivity contribution in [3.63, 3.8) is 0 Å². The number of para-hydroxylation sites is 1. The van der Waals surface area contributed by atoms with E-state index in [1.807, 2.05) is 18.2 Å². The Morgan fingerprint density at radius 3 is 2.77 bits per heavy atom. The van der Waals surface area contributed by atoms with Gasteiger partial charge >= 0.3 is 0 Å². The summed E-state index contributed by atoms with van der Waals surface area (Å²) in [5, 5.41) is 3.98. The molecule has 0 amide bonds. The Morgan fingerprint density at radius 1 is 1.23 bits per heavy atom. The van der Waals surface area contributed by atoms with Gasteiger partial charge in [0.15, 0.2) is 11.7 Å². The van der Waals surface area contributed by atoms with Crippen LogP contribution in [0, 0.1) is 5.82 Å². The second kappa shape index (κ2) is 9.05. The van der Waals surface area contributed by atoms with Gasteiger partial charge in [0.1, 0.15) is 17.3 Å². The van der Waals surface area contributed by atoms with E-state index >= 15 is 0 Å². The Bertz CT molecular complexity index is 1040. The number of piperidine rings is 1. The number of hydrogen-bond acceptors (Lipinski definition) is 7. The molecule has 0 spiro atoms. The summed E-state index contributed by atoms with van der Waals surface area (Å²) in [6.07, 6.45) is 2.01. The number of likely N-dealkylation sites (tertiary alicyclic amines) is 1. The summed E-state index contributed by atoms with van der Waals surface area (Å²) in [5.41, 5.74) is 18.7. The van der Waals surface area contributed by atoms with Crippen molar-refractivity contribution in [1.82, 2.24) is 15.9 Å². The summed E-state index contributed by atoms with van der Waals surface area (Å²) in [7, 11) is 2.06. The van der Waals surface area contributed by atoms with Crippen molar-refractivity contribution in [2.45, 2.75) is 18.9 Å². The lowest BCUT2D eigenvalue weighted by molar-refractivity contribution is 0.252. The maximum atomic E-state index is 15.0. The third kappa shape index (κ3) is 4.77. The number of likely N-dealkylation sites (N-methyl/N-ethyl adjacent to an activating group) is 1. The molecule has 2 aromatic rings. The van der Waals surface area contributed by atoms with E-state index < -0.39 is 5.82 Å². The molecule has 0 aromatic heterocycles. The van der Waals surface area contributed by atoms with Crippen LogP contribution in [0.25, 0.3) is 5.70 Å². The predicted octanol–water partition coefficient (Wildman–Crippen LogP) is 2.16. The SMILES string of the molecule is CN1CCCC(N=C2NNN=C(N)/C2=C(/N)c2ccc(Oc3ccccc3)cc2F)C1. The minimum Gasteiger partial charge on any atom is -0.457 e. The predicted molar refractivity (Wildman–Crippen MR) is 120 cm³/mol. The van der Waals surface area contributed by atoms with Crippen LogP contribution in [0.1, 0.15) is 18.4 Å². The highest BCUT2D eigenvalue weighted by molar-refractivity contribution is 6.27. The van der Waals surface area contributed by atoms with E-state index in [0.29, 0.717) is 22.9 Å². The number of hydrazine groups is 1. The number of hydrazone groups is 1. The number of hydrogen-bond donors (Lipinski definition) is 4. The minimum absolute atomic E-state index is 0.0863. The highest BCUT2D eigenvalue weighted by Gasteiger charge is 2.25. The van der Waals surface area contributed by atoms with Crippen LogP contribution in [-0.2, 0) is 0 Å². The van der Waals surface area contributed by atoms with E-state index in [1.165, 1.54) is 6.07 Å². The zero-order chi connectivity index (χ0) is 21.8. The molecule has 2 heterocycles. The molecule has 8 nitrogen and oxygen atoms in total. The zero-order valence-electron chi connectivity index (χ0n) is 17.3. The van der Waals surface area contributed by atoms with E-state index in [0.717, 1.165) is 25.9 Å². The highest BCUT2D eigenvalue weighted by atomic mass is 19.1. The number of benzene rings is 2. The molecule has 1 fully saturated rings. The molecule has 6 N–H and O–H groups in total. The smallest absolute Gasteiger partial charge is 0.158 e. The summed E-state index contributed by atoms with van der Waals surface area (Å²) < 4.78 is 20.7. The molecule has 0 aliphatic carbocycles.